The molecule has 244 valence electrons. The van der Waals surface area contributed by atoms with Gasteiger partial charge in [0.15, 0.2) is 0 Å². The molecule has 0 atom stereocenters. The summed E-state index contributed by atoms with van der Waals surface area (Å²) in [4.78, 5) is 8.19. The van der Waals surface area contributed by atoms with E-state index in [-0.39, 0.29) is 0 Å². The van der Waals surface area contributed by atoms with E-state index in [2.05, 4.69) is 184 Å². The van der Waals surface area contributed by atoms with E-state index in [1.807, 2.05) is 0 Å². The van der Waals surface area contributed by atoms with Crippen LogP contribution < -0.4 is 4.90 Å². The third-order valence-corrected chi connectivity index (χ3v) is 11.7. The predicted molar refractivity (Wildman–Crippen MR) is 223 cm³/mol. The number of hydrogen-bond acceptors (Lipinski definition) is 2. The highest BCUT2D eigenvalue weighted by molar-refractivity contribution is 6.36. The molecule has 0 fully saturated rings. The van der Waals surface area contributed by atoms with Crippen molar-refractivity contribution in [2.45, 2.75) is 0 Å². The highest BCUT2D eigenvalue weighted by Gasteiger charge is 2.28. The zero-order chi connectivity index (χ0) is 34.4. The van der Waals surface area contributed by atoms with E-state index in [1.165, 1.54) is 75.8 Å². The maximum atomic E-state index is 5.77. The first-order valence-corrected chi connectivity index (χ1v) is 18.2. The predicted octanol–water partition coefficient (Wildman–Crippen LogP) is 13.2. The van der Waals surface area contributed by atoms with Gasteiger partial charge in [-0.05, 0) is 70.1 Å². The number of fused-ring (bicyclic) bond motifs is 16. The lowest BCUT2D eigenvalue weighted by Gasteiger charge is -2.27. The summed E-state index contributed by atoms with van der Waals surface area (Å²) >= 11 is 0. The van der Waals surface area contributed by atoms with Gasteiger partial charge in [-0.2, -0.15) is 0 Å². The third kappa shape index (κ3) is 3.39. The maximum Gasteiger partial charge on any atom is 0.146 e. The zero-order valence-corrected chi connectivity index (χ0v) is 28.5. The number of pyridine rings is 1. The molecule has 0 aliphatic rings. The highest BCUT2D eigenvalue weighted by atomic mass is 15.2. The van der Waals surface area contributed by atoms with Crippen LogP contribution in [0, 0.1) is 0 Å². The fraction of sp³-hybridized carbons (Fsp3) is 0. The average Bonchev–Trinajstić information content (AvgIpc) is 3.94. The van der Waals surface area contributed by atoms with Gasteiger partial charge in [-0.15, -0.1) is 0 Å². The van der Waals surface area contributed by atoms with Crippen LogP contribution in [-0.4, -0.2) is 13.8 Å². The summed E-state index contributed by atoms with van der Waals surface area (Å²) < 4.78 is 4.94. The van der Waals surface area contributed by atoms with E-state index in [1.54, 1.807) is 0 Å². The Labute approximate surface area is 302 Å². The van der Waals surface area contributed by atoms with Gasteiger partial charge in [0.1, 0.15) is 5.65 Å². The van der Waals surface area contributed by atoms with Crippen LogP contribution >= 0.6 is 0 Å². The Morgan fingerprint density at radius 2 is 0.962 bits per heavy atom. The van der Waals surface area contributed by atoms with E-state index >= 15 is 0 Å². The summed E-state index contributed by atoms with van der Waals surface area (Å²) in [5, 5.41) is 13.6. The topological polar surface area (TPSA) is 25.0 Å². The van der Waals surface area contributed by atoms with Crippen LogP contribution in [0.25, 0.3) is 98.0 Å². The first-order chi connectivity index (χ1) is 26.3. The minimum atomic E-state index is 0.986. The molecule has 0 unspecified atom stereocenters. The maximum absolute atomic E-state index is 5.77. The fourth-order valence-corrected chi connectivity index (χ4v) is 9.60. The van der Waals surface area contributed by atoms with Crippen LogP contribution in [0.2, 0.25) is 0 Å². The molecule has 0 N–H and O–H groups in total. The number of nitrogens with zero attached hydrogens (tertiary/aromatic N) is 4. The lowest BCUT2D eigenvalue weighted by molar-refractivity contribution is 1.25. The Morgan fingerprint density at radius 3 is 1.70 bits per heavy atom. The van der Waals surface area contributed by atoms with E-state index in [0.717, 1.165) is 39.3 Å². The van der Waals surface area contributed by atoms with Gasteiger partial charge in [0.25, 0.3) is 0 Å². The van der Waals surface area contributed by atoms with Crippen molar-refractivity contribution in [3.8, 4) is 0 Å². The summed E-state index contributed by atoms with van der Waals surface area (Å²) in [6.45, 7) is 0. The first kappa shape index (κ1) is 27.5. The van der Waals surface area contributed by atoms with Gasteiger partial charge in [0, 0.05) is 49.1 Å². The molecule has 0 aliphatic heterocycles. The second-order valence-corrected chi connectivity index (χ2v) is 14.3. The molecule has 0 saturated heterocycles. The van der Waals surface area contributed by atoms with Crippen LogP contribution in [-0.2, 0) is 0 Å². The van der Waals surface area contributed by atoms with Gasteiger partial charge >= 0.3 is 0 Å². The summed E-state index contributed by atoms with van der Waals surface area (Å²) in [5.74, 6) is 0. The number of benzene rings is 8. The molecule has 0 saturated carbocycles. The van der Waals surface area contributed by atoms with Crippen molar-refractivity contribution in [1.29, 1.82) is 0 Å². The largest absolute Gasteiger partial charge is 0.308 e. The molecule has 8 aromatic carbocycles. The molecule has 5 aromatic heterocycles. The summed E-state index contributed by atoms with van der Waals surface area (Å²) in [7, 11) is 0. The quantitative estimate of drug-likeness (QED) is 0.187. The van der Waals surface area contributed by atoms with Crippen LogP contribution in [0.15, 0.2) is 170 Å². The molecule has 0 aliphatic carbocycles. The lowest BCUT2D eigenvalue weighted by Crippen LogP contribution is -2.11. The zero-order valence-electron chi connectivity index (χ0n) is 28.5. The van der Waals surface area contributed by atoms with E-state index < -0.39 is 0 Å². The van der Waals surface area contributed by atoms with Gasteiger partial charge in [-0.3, -0.25) is 4.40 Å². The molecule has 0 spiro atoms. The highest BCUT2D eigenvalue weighted by Crippen LogP contribution is 2.50. The van der Waals surface area contributed by atoms with Crippen molar-refractivity contribution in [3.63, 3.8) is 0 Å². The molecule has 53 heavy (non-hydrogen) atoms. The number of aromatic nitrogens is 3. The number of para-hydroxylation sites is 4. The molecule has 4 heteroatoms. The molecular weight excluding hydrogens is 645 g/mol. The molecule has 0 bridgehead atoms. The minimum Gasteiger partial charge on any atom is -0.308 e. The Bertz CT molecular complexity index is 3580. The van der Waals surface area contributed by atoms with Gasteiger partial charge in [0.05, 0.1) is 38.8 Å². The van der Waals surface area contributed by atoms with Gasteiger partial charge in [0.2, 0.25) is 0 Å². The number of hydrogen-bond donors (Lipinski definition) is 0. The Hall–Kier alpha value is -7.17. The smallest absolute Gasteiger partial charge is 0.146 e. The van der Waals surface area contributed by atoms with E-state index in [4.69, 9.17) is 4.98 Å². The standard InChI is InChI=1S/C49H28N4/c1-3-16-31(17-4-1)51(32-18-5-2-6-19-32)42-27-30-15-8-10-21-34(30)43-38-26-29-14-7-9-20-33(29)44-39-28-41-45(50-49(39)53(47(38)44)48(42)43)37-24-13-23-36-35-22-11-12-25-40(35)52(41)46(36)37/h1-28H. The molecule has 13 rings (SSSR count). The number of anilines is 3. The molecule has 4 nitrogen and oxygen atoms in total. The Kier molecular flexibility index (Phi) is 5.08. The lowest BCUT2D eigenvalue weighted by atomic mass is 9.97. The fourth-order valence-electron chi connectivity index (χ4n) is 9.60. The second kappa shape index (κ2) is 9.78. The van der Waals surface area contributed by atoms with Crippen molar-refractivity contribution < 1.29 is 0 Å². The van der Waals surface area contributed by atoms with Crippen LogP contribution in [0.4, 0.5) is 17.1 Å². The Morgan fingerprint density at radius 1 is 0.377 bits per heavy atom. The van der Waals surface area contributed by atoms with Crippen molar-refractivity contribution in [1.82, 2.24) is 13.8 Å². The van der Waals surface area contributed by atoms with E-state index in [9.17, 15) is 0 Å². The molecule has 0 amide bonds. The van der Waals surface area contributed by atoms with Crippen molar-refractivity contribution in [2.24, 2.45) is 0 Å². The van der Waals surface area contributed by atoms with E-state index in [0.29, 0.717) is 0 Å². The third-order valence-electron chi connectivity index (χ3n) is 11.7. The van der Waals surface area contributed by atoms with Crippen LogP contribution in [0.1, 0.15) is 0 Å². The normalized spacial score (nSPS) is 12.5. The van der Waals surface area contributed by atoms with Crippen LogP contribution in [0.3, 0.4) is 0 Å². The van der Waals surface area contributed by atoms with Crippen molar-refractivity contribution in [3.05, 3.63) is 170 Å². The van der Waals surface area contributed by atoms with Crippen molar-refractivity contribution >= 4 is 115 Å². The minimum absolute atomic E-state index is 0.986. The Balaban J connectivity index is 1.31. The summed E-state index contributed by atoms with van der Waals surface area (Å²) in [6.07, 6.45) is 0. The SMILES string of the molecule is c1ccc(N(c2ccccc2)c2cc3ccccc3c3c4cc5ccccc5c5c6cc7c(nc6n(c23)c45)c2cccc3c4ccccc4n7c32)cc1. The first-order valence-electron chi connectivity index (χ1n) is 18.2. The second-order valence-electron chi connectivity index (χ2n) is 14.3. The van der Waals surface area contributed by atoms with Gasteiger partial charge < -0.3 is 9.30 Å². The molecular formula is C49H28N4. The van der Waals surface area contributed by atoms with Gasteiger partial charge in [-0.25, -0.2) is 4.98 Å². The molecule has 13 aromatic rings. The molecule has 0 radical (unpaired) electrons. The summed E-state index contributed by atoms with van der Waals surface area (Å²) in [6, 6.07) is 61.9. The van der Waals surface area contributed by atoms with Gasteiger partial charge in [-0.1, -0.05) is 121 Å². The monoisotopic (exact) mass is 672 g/mol. The number of rotatable bonds is 3. The average molecular weight is 673 g/mol. The van der Waals surface area contributed by atoms with Crippen LogP contribution in [0.5, 0.6) is 0 Å². The summed E-state index contributed by atoms with van der Waals surface area (Å²) in [5.41, 5.74) is 11.4. The van der Waals surface area contributed by atoms with Crippen molar-refractivity contribution in [2.75, 3.05) is 4.90 Å². The molecule has 5 heterocycles.